The van der Waals surface area contributed by atoms with Crippen LogP contribution in [0.3, 0.4) is 0 Å². The predicted molar refractivity (Wildman–Crippen MR) is 81.0 cm³/mol. The number of carbonyl (C=O) groups is 4. The molecule has 1 aromatic rings. The monoisotopic (exact) mass is 334 g/mol. The van der Waals surface area contributed by atoms with Crippen LogP contribution in [0.5, 0.6) is 0 Å². The Morgan fingerprint density at radius 3 is 2.42 bits per heavy atom. The van der Waals surface area contributed by atoms with Crippen LogP contribution in [0.4, 0.5) is 4.79 Å². The van der Waals surface area contributed by atoms with E-state index in [2.05, 4.69) is 5.32 Å². The minimum Gasteiger partial charge on any atom is -0.445 e. The fourth-order valence-electron chi connectivity index (χ4n) is 2.06. The molecule has 1 atom stereocenters. The average Bonchev–Trinajstić information content (AvgIpc) is 2.85. The van der Waals surface area contributed by atoms with Crippen molar-refractivity contribution in [1.29, 1.82) is 0 Å². The lowest BCUT2D eigenvalue weighted by Crippen LogP contribution is -2.37. The molecule has 128 valence electrons. The fourth-order valence-corrected chi connectivity index (χ4v) is 2.06. The van der Waals surface area contributed by atoms with Crippen LogP contribution in [-0.2, 0) is 30.6 Å². The number of amides is 3. The summed E-state index contributed by atoms with van der Waals surface area (Å²) in [6.07, 6.45) is -0.804. The second-order valence-corrected chi connectivity index (χ2v) is 5.36. The Morgan fingerprint density at radius 1 is 1.17 bits per heavy atom. The van der Waals surface area contributed by atoms with Gasteiger partial charge in [-0.25, -0.2) is 9.59 Å². The van der Waals surface area contributed by atoms with E-state index in [4.69, 9.17) is 9.57 Å². The highest BCUT2D eigenvalue weighted by Crippen LogP contribution is 2.13. The lowest BCUT2D eigenvalue weighted by molar-refractivity contribution is -0.197. The number of ether oxygens (including phenoxy) is 1. The summed E-state index contributed by atoms with van der Waals surface area (Å²) in [6.45, 7) is 1.69. The van der Waals surface area contributed by atoms with Gasteiger partial charge in [-0.2, -0.15) is 0 Å². The van der Waals surface area contributed by atoms with Crippen molar-refractivity contribution in [1.82, 2.24) is 10.4 Å². The number of hydroxylamine groups is 2. The van der Waals surface area contributed by atoms with Crippen molar-refractivity contribution in [2.45, 2.75) is 38.8 Å². The number of benzene rings is 1. The summed E-state index contributed by atoms with van der Waals surface area (Å²) in [7, 11) is 0. The van der Waals surface area contributed by atoms with Gasteiger partial charge in [-0.3, -0.25) is 9.59 Å². The van der Waals surface area contributed by atoms with E-state index in [-0.39, 0.29) is 25.9 Å². The van der Waals surface area contributed by atoms with Crippen molar-refractivity contribution in [2.75, 3.05) is 0 Å². The third kappa shape index (κ3) is 5.08. The Kier molecular flexibility index (Phi) is 5.89. The van der Waals surface area contributed by atoms with Gasteiger partial charge in [0.05, 0.1) is 6.42 Å². The molecule has 1 aliphatic heterocycles. The first kappa shape index (κ1) is 17.5. The summed E-state index contributed by atoms with van der Waals surface area (Å²) in [5.74, 6) is -1.87. The molecule has 1 aliphatic rings. The number of carbonyl (C=O) groups excluding carboxylic acids is 4. The number of imide groups is 1. The van der Waals surface area contributed by atoms with Gasteiger partial charge in [-0.05, 0) is 12.5 Å². The van der Waals surface area contributed by atoms with Gasteiger partial charge in [0, 0.05) is 18.9 Å². The maximum atomic E-state index is 11.7. The number of nitrogens with zero attached hydrogens (tertiary/aromatic N) is 1. The minimum absolute atomic E-state index is 0.0335. The highest BCUT2D eigenvalue weighted by molar-refractivity contribution is 6.01. The van der Waals surface area contributed by atoms with Crippen LogP contribution in [0.25, 0.3) is 0 Å². The number of hydrogen-bond donors (Lipinski definition) is 1. The van der Waals surface area contributed by atoms with Crippen LogP contribution in [-0.4, -0.2) is 35.0 Å². The Labute approximate surface area is 138 Å². The molecule has 0 bridgehead atoms. The van der Waals surface area contributed by atoms with E-state index in [9.17, 15) is 19.2 Å². The van der Waals surface area contributed by atoms with Gasteiger partial charge in [0.1, 0.15) is 6.61 Å². The van der Waals surface area contributed by atoms with Crippen LogP contribution in [0.15, 0.2) is 30.3 Å². The Hall–Kier alpha value is -2.90. The molecule has 0 radical (unpaired) electrons. The number of hydrogen-bond acceptors (Lipinski definition) is 6. The van der Waals surface area contributed by atoms with Crippen LogP contribution in [0.1, 0.15) is 31.7 Å². The van der Waals surface area contributed by atoms with Crippen molar-refractivity contribution >= 4 is 23.9 Å². The first-order valence-corrected chi connectivity index (χ1v) is 7.49. The summed E-state index contributed by atoms with van der Waals surface area (Å²) in [5.41, 5.74) is 0.839. The molecule has 8 heteroatoms. The molecule has 1 saturated heterocycles. The Morgan fingerprint density at radius 2 is 1.79 bits per heavy atom. The van der Waals surface area contributed by atoms with E-state index in [1.54, 1.807) is 6.92 Å². The summed E-state index contributed by atoms with van der Waals surface area (Å²) < 4.78 is 5.03. The second kappa shape index (κ2) is 8.09. The van der Waals surface area contributed by atoms with Gasteiger partial charge in [0.25, 0.3) is 11.8 Å². The lowest BCUT2D eigenvalue weighted by atomic mass is 10.2. The summed E-state index contributed by atoms with van der Waals surface area (Å²) in [6, 6.07) is 8.57. The zero-order valence-corrected chi connectivity index (χ0v) is 13.2. The van der Waals surface area contributed by atoms with Crippen molar-refractivity contribution in [3.63, 3.8) is 0 Å². The maximum Gasteiger partial charge on any atom is 0.407 e. The van der Waals surface area contributed by atoms with Crippen molar-refractivity contribution in [2.24, 2.45) is 0 Å². The van der Waals surface area contributed by atoms with E-state index < -0.39 is 29.9 Å². The standard InChI is InChI=1S/C16H18N2O6/c1-11(9-15(21)24-18-13(19)7-8-14(18)20)17-16(22)23-10-12-5-3-2-4-6-12/h2-6,11H,7-10H2,1H3,(H,17,22). The first-order chi connectivity index (χ1) is 11.5. The number of alkyl carbamates (subject to hydrolysis) is 1. The van der Waals surface area contributed by atoms with Crippen LogP contribution < -0.4 is 5.32 Å². The SMILES string of the molecule is CC(CC(=O)ON1C(=O)CCC1=O)NC(=O)OCc1ccccc1. The highest BCUT2D eigenvalue weighted by Gasteiger charge is 2.33. The summed E-state index contributed by atoms with van der Waals surface area (Å²) in [4.78, 5) is 50.8. The molecular formula is C16H18N2O6. The average molecular weight is 334 g/mol. The second-order valence-electron chi connectivity index (χ2n) is 5.36. The molecule has 8 nitrogen and oxygen atoms in total. The summed E-state index contributed by atoms with van der Waals surface area (Å²) in [5, 5.41) is 2.95. The Bertz CT molecular complexity index is 615. The molecule has 0 saturated carbocycles. The van der Waals surface area contributed by atoms with Crippen molar-refractivity contribution in [3.05, 3.63) is 35.9 Å². The molecule has 1 heterocycles. The van der Waals surface area contributed by atoms with E-state index >= 15 is 0 Å². The molecule has 0 spiro atoms. The maximum absolute atomic E-state index is 11.7. The van der Waals surface area contributed by atoms with Gasteiger partial charge in [0.2, 0.25) is 0 Å². The van der Waals surface area contributed by atoms with Crippen LogP contribution in [0, 0.1) is 0 Å². The molecule has 1 fully saturated rings. The van der Waals surface area contributed by atoms with E-state index in [0.717, 1.165) is 5.56 Å². The van der Waals surface area contributed by atoms with Gasteiger partial charge in [0.15, 0.2) is 0 Å². The number of nitrogens with one attached hydrogen (secondary N) is 1. The highest BCUT2D eigenvalue weighted by atomic mass is 16.7. The first-order valence-electron chi connectivity index (χ1n) is 7.49. The Balaban J connectivity index is 1.71. The predicted octanol–water partition coefficient (Wildman–Crippen LogP) is 1.30. The zero-order valence-electron chi connectivity index (χ0n) is 13.2. The van der Waals surface area contributed by atoms with Gasteiger partial charge in [-0.15, -0.1) is 5.06 Å². The van der Waals surface area contributed by atoms with Gasteiger partial charge in [-0.1, -0.05) is 30.3 Å². The van der Waals surface area contributed by atoms with E-state index in [0.29, 0.717) is 5.06 Å². The smallest absolute Gasteiger partial charge is 0.407 e. The normalized spacial score (nSPS) is 15.1. The molecular weight excluding hydrogens is 316 g/mol. The minimum atomic E-state index is -0.783. The third-order valence-corrected chi connectivity index (χ3v) is 3.25. The topological polar surface area (TPSA) is 102 Å². The van der Waals surface area contributed by atoms with Crippen LogP contribution in [0.2, 0.25) is 0 Å². The van der Waals surface area contributed by atoms with Gasteiger partial charge >= 0.3 is 12.1 Å². The molecule has 2 rings (SSSR count). The van der Waals surface area contributed by atoms with Crippen molar-refractivity contribution in [3.8, 4) is 0 Å². The third-order valence-electron chi connectivity index (χ3n) is 3.25. The fraction of sp³-hybridized carbons (Fsp3) is 0.375. The molecule has 1 aromatic carbocycles. The molecule has 0 aromatic heterocycles. The molecule has 1 N–H and O–H groups in total. The van der Waals surface area contributed by atoms with Crippen molar-refractivity contribution < 1.29 is 28.8 Å². The van der Waals surface area contributed by atoms with Gasteiger partial charge < -0.3 is 14.9 Å². The molecule has 3 amide bonds. The van der Waals surface area contributed by atoms with E-state index in [1.165, 1.54) is 0 Å². The summed E-state index contributed by atoms with van der Waals surface area (Å²) >= 11 is 0. The quantitative estimate of drug-likeness (QED) is 0.787. The molecule has 24 heavy (non-hydrogen) atoms. The van der Waals surface area contributed by atoms with Crippen LogP contribution >= 0.6 is 0 Å². The molecule has 0 aliphatic carbocycles. The largest absolute Gasteiger partial charge is 0.445 e. The van der Waals surface area contributed by atoms with E-state index in [1.807, 2.05) is 30.3 Å². The zero-order chi connectivity index (χ0) is 17.5. The lowest BCUT2D eigenvalue weighted by Gasteiger charge is -2.16. The molecule has 1 unspecified atom stereocenters. The number of rotatable bonds is 6.